The molecule has 1 fully saturated rings. The molecule has 3 N–H and O–H groups in total. The number of urea groups is 1. The van der Waals surface area contributed by atoms with Crippen molar-refractivity contribution < 1.29 is 22.4 Å². The van der Waals surface area contributed by atoms with Gasteiger partial charge >= 0.3 is 6.03 Å². The second-order valence-corrected chi connectivity index (χ2v) is 7.82. The fourth-order valence-electron chi connectivity index (χ4n) is 2.38. The Hall–Kier alpha value is -2.16. The standard InChI is InChI=1S/C15H20FN3O4S/c16-13-5-2-1-4-12(13)14(20)17-7-3-8-18-15(21)19-11-6-9-24(22,23)10-11/h1-2,4-5,11H,3,6-10H2,(H,17,20)(H2,18,19,21)/t11-/m1/s1. The van der Waals surface area contributed by atoms with Crippen LogP contribution in [0.4, 0.5) is 9.18 Å². The van der Waals surface area contributed by atoms with Gasteiger partial charge in [0.05, 0.1) is 17.1 Å². The van der Waals surface area contributed by atoms with Gasteiger partial charge in [-0.3, -0.25) is 4.79 Å². The number of hydrogen-bond acceptors (Lipinski definition) is 4. The normalized spacial score (nSPS) is 18.8. The van der Waals surface area contributed by atoms with Gasteiger partial charge in [0.2, 0.25) is 0 Å². The number of benzene rings is 1. The molecule has 9 heteroatoms. The molecule has 1 aromatic rings. The molecule has 0 unspecified atom stereocenters. The van der Waals surface area contributed by atoms with Crippen LogP contribution in [0.15, 0.2) is 24.3 Å². The predicted octanol–water partition coefficient (Wildman–Crippen LogP) is 0.432. The van der Waals surface area contributed by atoms with Crippen molar-refractivity contribution in [2.45, 2.75) is 18.9 Å². The molecule has 0 bridgehead atoms. The first-order chi connectivity index (χ1) is 11.4. The number of nitrogens with one attached hydrogen (secondary N) is 3. The number of carbonyl (C=O) groups is 2. The molecule has 1 aliphatic rings. The second kappa shape index (κ2) is 8.09. The highest BCUT2D eigenvalue weighted by Crippen LogP contribution is 2.10. The van der Waals surface area contributed by atoms with Crippen LogP contribution in [-0.4, -0.2) is 51.0 Å². The maximum Gasteiger partial charge on any atom is 0.315 e. The summed E-state index contributed by atoms with van der Waals surface area (Å²) in [6.07, 6.45) is 0.894. The summed E-state index contributed by atoms with van der Waals surface area (Å²) in [7, 11) is -3.03. The summed E-state index contributed by atoms with van der Waals surface area (Å²) in [6, 6.07) is 4.90. The van der Waals surface area contributed by atoms with Crippen LogP contribution in [0.2, 0.25) is 0 Å². The fraction of sp³-hybridized carbons (Fsp3) is 0.467. The van der Waals surface area contributed by atoms with Gasteiger partial charge in [-0.25, -0.2) is 17.6 Å². The van der Waals surface area contributed by atoms with E-state index in [1.807, 2.05) is 0 Å². The van der Waals surface area contributed by atoms with Crippen molar-refractivity contribution in [3.63, 3.8) is 0 Å². The Kier molecular flexibility index (Phi) is 6.13. The summed E-state index contributed by atoms with van der Waals surface area (Å²) < 4.78 is 36.0. The first-order valence-corrected chi connectivity index (χ1v) is 9.47. The van der Waals surface area contributed by atoms with E-state index in [0.29, 0.717) is 19.4 Å². The van der Waals surface area contributed by atoms with Crippen molar-refractivity contribution in [1.29, 1.82) is 0 Å². The first-order valence-electron chi connectivity index (χ1n) is 7.65. The molecule has 3 amide bonds. The smallest absolute Gasteiger partial charge is 0.315 e. The Bertz CT molecular complexity index is 708. The molecule has 0 aliphatic carbocycles. The van der Waals surface area contributed by atoms with Crippen LogP contribution in [0.3, 0.4) is 0 Å². The molecule has 1 aromatic carbocycles. The lowest BCUT2D eigenvalue weighted by Crippen LogP contribution is -2.43. The van der Waals surface area contributed by atoms with E-state index < -0.39 is 27.6 Å². The van der Waals surface area contributed by atoms with E-state index in [4.69, 9.17) is 0 Å². The van der Waals surface area contributed by atoms with Crippen LogP contribution in [0.1, 0.15) is 23.2 Å². The molecular formula is C15H20FN3O4S. The number of amides is 3. The third-order valence-corrected chi connectivity index (χ3v) is 5.38. The molecule has 0 radical (unpaired) electrons. The van der Waals surface area contributed by atoms with Gasteiger partial charge in [-0.2, -0.15) is 0 Å². The molecule has 0 saturated carbocycles. The van der Waals surface area contributed by atoms with Crippen LogP contribution in [0.25, 0.3) is 0 Å². The maximum absolute atomic E-state index is 13.4. The lowest BCUT2D eigenvalue weighted by molar-refractivity contribution is 0.0949. The molecule has 0 aromatic heterocycles. The number of hydrogen-bond donors (Lipinski definition) is 3. The summed E-state index contributed by atoms with van der Waals surface area (Å²) in [5.41, 5.74) is -0.0226. The average molecular weight is 357 g/mol. The summed E-state index contributed by atoms with van der Waals surface area (Å²) in [5.74, 6) is -1.02. The van der Waals surface area contributed by atoms with Crippen molar-refractivity contribution in [2.24, 2.45) is 0 Å². The van der Waals surface area contributed by atoms with Crippen LogP contribution >= 0.6 is 0 Å². The van der Waals surface area contributed by atoms with E-state index in [1.165, 1.54) is 18.2 Å². The van der Waals surface area contributed by atoms with Crippen molar-refractivity contribution in [3.05, 3.63) is 35.6 Å². The largest absolute Gasteiger partial charge is 0.352 e. The zero-order valence-electron chi connectivity index (χ0n) is 13.0. The minimum atomic E-state index is -3.03. The van der Waals surface area contributed by atoms with Gasteiger partial charge in [-0.1, -0.05) is 12.1 Å². The van der Waals surface area contributed by atoms with Crippen LogP contribution < -0.4 is 16.0 Å². The summed E-state index contributed by atoms with van der Waals surface area (Å²) in [6.45, 7) is 0.591. The third kappa shape index (κ3) is 5.48. The molecule has 7 nitrogen and oxygen atoms in total. The molecule has 24 heavy (non-hydrogen) atoms. The minimum Gasteiger partial charge on any atom is -0.352 e. The van der Waals surface area contributed by atoms with Gasteiger partial charge in [0, 0.05) is 19.1 Å². The minimum absolute atomic E-state index is 0.0226. The summed E-state index contributed by atoms with van der Waals surface area (Å²) >= 11 is 0. The van der Waals surface area contributed by atoms with Crippen LogP contribution in [0, 0.1) is 5.82 Å². The molecule has 1 atom stereocenters. The second-order valence-electron chi connectivity index (χ2n) is 5.59. The zero-order chi connectivity index (χ0) is 17.6. The van der Waals surface area contributed by atoms with Gasteiger partial charge in [0.1, 0.15) is 5.82 Å². The zero-order valence-corrected chi connectivity index (χ0v) is 13.9. The quantitative estimate of drug-likeness (QED) is 0.642. The lowest BCUT2D eigenvalue weighted by atomic mass is 10.2. The van der Waals surface area contributed by atoms with Crippen LogP contribution in [0.5, 0.6) is 0 Å². The highest BCUT2D eigenvalue weighted by molar-refractivity contribution is 7.91. The highest BCUT2D eigenvalue weighted by Gasteiger charge is 2.28. The Morgan fingerprint density at radius 1 is 1.17 bits per heavy atom. The van der Waals surface area contributed by atoms with Crippen molar-refractivity contribution in [2.75, 3.05) is 24.6 Å². The van der Waals surface area contributed by atoms with Gasteiger partial charge in [-0.05, 0) is 25.0 Å². The third-order valence-electron chi connectivity index (χ3n) is 3.61. The van der Waals surface area contributed by atoms with Gasteiger partial charge < -0.3 is 16.0 Å². The predicted molar refractivity (Wildman–Crippen MR) is 86.9 cm³/mol. The summed E-state index contributed by atoms with van der Waals surface area (Å²) in [4.78, 5) is 23.4. The first kappa shape index (κ1) is 18.2. The van der Waals surface area contributed by atoms with Crippen molar-refractivity contribution in [1.82, 2.24) is 16.0 Å². The van der Waals surface area contributed by atoms with E-state index >= 15 is 0 Å². The lowest BCUT2D eigenvalue weighted by Gasteiger charge is -2.12. The average Bonchev–Trinajstić information content (AvgIpc) is 2.86. The molecule has 1 saturated heterocycles. The molecule has 0 spiro atoms. The Morgan fingerprint density at radius 3 is 2.54 bits per heavy atom. The molecular weight excluding hydrogens is 337 g/mol. The number of sulfone groups is 1. The van der Waals surface area contributed by atoms with Crippen molar-refractivity contribution in [3.8, 4) is 0 Å². The fourth-order valence-corrected chi connectivity index (χ4v) is 4.05. The van der Waals surface area contributed by atoms with Gasteiger partial charge in [-0.15, -0.1) is 0 Å². The molecule has 1 heterocycles. The van der Waals surface area contributed by atoms with E-state index in [9.17, 15) is 22.4 Å². The number of rotatable bonds is 6. The Labute approximate surface area is 139 Å². The van der Waals surface area contributed by atoms with Gasteiger partial charge in [0.15, 0.2) is 9.84 Å². The van der Waals surface area contributed by atoms with Crippen LogP contribution in [-0.2, 0) is 9.84 Å². The SMILES string of the molecule is O=C(NCCCNC(=O)c1ccccc1F)N[C@@H]1CCS(=O)(=O)C1. The molecule has 1 aliphatic heterocycles. The Balaban J connectivity index is 1.60. The molecule has 2 rings (SSSR count). The van der Waals surface area contributed by atoms with Crippen molar-refractivity contribution >= 4 is 21.8 Å². The summed E-state index contributed by atoms with van der Waals surface area (Å²) in [5, 5.41) is 7.76. The van der Waals surface area contributed by atoms with E-state index in [2.05, 4.69) is 16.0 Å². The monoisotopic (exact) mass is 357 g/mol. The highest BCUT2D eigenvalue weighted by atomic mass is 32.2. The topological polar surface area (TPSA) is 104 Å². The van der Waals surface area contributed by atoms with E-state index in [0.717, 1.165) is 0 Å². The number of carbonyl (C=O) groups excluding carboxylic acids is 2. The van der Waals surface area contributed by atoms with E-state index in [1.54, 1.807) is 6.07 Å². The van der Waals surface area contributed by atoms with E-state index in [-0.39, 0.29) is 29.7 Å². The molecule has 132 valence electrons. The maximum atomic E-state index is 13.4. The Morgan fingerprint density at radius 2 is 1.88 bits per heavy atom. The van der Waals surface area contributed by atoms with Gasteiger partial charge in [0.25, 0.3) is 5.91 Å². The number of halogens is 1.